The molecular weight excluding hydrogens is 641 g/mol. The first-order valence-corrected chi connectivity index (χ1v) is 17.8. The molecule has 2 aromatic heterocycles. The molecule has 0 atom stereocenters. The van der Waals surface area contributed by atoms with Gasteiger partial charge >= 0.3 is 11.3 Å². The lowest BCUT2D eigenvalue weighted by Gasteiger charge is -2.20. The molecule has 0 saturated carbocycles. The van der Waals surface area contributed by atoms with E-state index in [0.29, 0.717) is 22.3 Å². The van der Waals surface area contributed by atoms with Crippen LogP contribution in [0.1, 0.15) is 52.7 Å². The number of hydrogen-bond acceptors (Lipinski definition) is 4. The highest BCUT2D eigenvalue weighted by Crippen LogP contribution is 2.44. The Morgan fingerprint density at radius 3 is 1.10 bits per heavy atom. The van der Waals surface area contributed by atoms with Crippen molar-refractivity contribution < 1.29 is 8.83 Å². The summed E-state index contributed by atoms with van der Waals surface area (Å²) in [6.45, 7) is 13.2. The third kappa shape index (κ3) is 4.97. The van der Waals surface area contributed by atoms with E-state index in [2.05, 4.69) is 77.9 Å². The Morgan fingerprint density at radius 1 is 0.385 bits per heavy atom. The summed E-state index contributed by atoms with van der Waals surface area (Å²) in [5, 5.41) is 9.40. The van der Waals surface area contributed by atoms with E-state index in [4.69, 9.17) is 8.83 Å². The molecule has 0 spiro atoms. The first-order valence-electron chi connectivity index (χ1n) is 17.8. The molecule has 0 bridgehead atoms. The van der Waals surface area contributed by atoms with Crippen LogP contribution < -0.4 is 11.3 Å². The SMILES string of the molecule is CC(C)(C)c1ccc2c(ccc3oc(=O)c(-c4c5ccccc5c(-c5cc6c(ccc7cc(C(C)(C)C)ccc76)oc5=O)c5ccccc45)cc32)c1. The third-order valence-corrected chi connectivity index (χ3v) is 10.7. The summed E-state index contributed by atoms with van der Waals surface area (Å²) in [5.41, 5.74) is 5.27. The lowest BCUT2D eigenvalue weighted by molar-refractivity contribution is 0.563. The van der Waals surface area contributed by atoms with Crippen molar-refractivity contribution in [2.75, 3.05) is 0 Å². The lowest BCUT2D eigenvalue weighted by Crippen LogP contribution is -2.10. The van der Waals surface area contributed by atoms with E-state index in [1.54, 1.807) is 0 Å². The maximum atomic E-state index is 14.0. The molecule has 9 rings (SSSR count). The summed E-state index contributed by atoms with van der Waals surface area (Å²) in [5.74, 6) is 0. The van der Waals surface area contributed by atoms with Gasteiger partial charge in [0.2, 0.25) is 0 Å². The zero-order chi connectivity index (χ0) is 36.1. The van der Waals surface area contributed by atoms with Gasteiger partial charge in [0.25, 0.3) is 0 Å². The Balaban J connectivity index is 1.34. The van der Waals surface area contributed by atoms with Gasteiger partial charge in [-0.25, -0.2) is 9.59 Å². The molecule has 0 aliphatic carbocycles. The van der Waals surface area contributed by atoms with Crippen molar-refractivity contribution in [1.82, 2.24) is 0 Å². The largest absolute Gasteiger partial charge is 0.422 e. The second-order valence-corrected chi connectivity index (χ2v) is 16.1. The highest BCUT2D eigenvalue weighted by molar-refractivity contribution is 6.22. The minimum Gasteiger partial charge on any atom is -0.422 e. The van der Waals surface area contributed by atoms with Crippen LogP contribution in [0.15, 0.2) is 140 Å². The molecule has 0 amide bonds. The molecule has 0 unspecified atom stereocenters. The van der Waals surface area contributed by atoms with E-state index < -0.39 is 11.3 Å². The maximum Gasteiger partial charge on any atom is 0.344 e. The van der Waals surface area contributed by atoms with Gasteiger partial charge in [-0.2, -0.15) is 0 Å². The number of benzene rings is 7. The van der Waals surface area contributed by atoms with Crippen LogP contribution in [0.25, 0.3) is 87.3 Å². The fourth-order valence-corrected chi connectivity index (χ4v) is 7.85. The number of hydrogen-bond donors (Lipinski definition) is 0. The zero-order valence-corrected chi connectivity index (χ0v) is 30.2. The van der Waals surface area contributed by atoms with Crippen LogP contribution in [0, 0.1) is 0 Å². The molecule has 7 aromatic carbocycles. The Labute approximate surface area is 300 Å². The van der Waals surface area contributed by atoms with Crippen LogP contribution in [0.3, 0.4) is 0 Å². The average Bonchev–Trinajstić information content (AvgIpc) is 3.12. The fourth-order valence-electron chi connectivity index (χ4n) is 7.85. The highest BCUT2D eigenvalue weighted by Gasteiger charge is 2.23. The molecule has 0 saturated heterocycles. The predicted octanol–water partition coefficient (Wildman–Crippen LogP) is 12.4. The lowest BCUT2D eigenvalue weighted by atomic mass is 9.84. The monoisotopic (exact) mass is 678 g/mol. The molecule has 0 aliphatic rings. The summed E-state index contributed by atoms with van der Waals surface area (Å²) in [7, 11) is 0. The molecule has 52 heavy (non-hydrogen) atoms. The quantitative estimate of drug-likeness (QED) is 0.104. The molecule has 0 aliphatic heterocycles. The third-order valence-electron chi connectivity index (χ3n) is 10.7. The van der Waals surface area contributed by atoms with Crippen molar-refractivity contribution in [2.24, 2.45) is 0 Å². The Bertz CT molecular complexity index is 2810. The Hall–Kier alpha value is -6.00. The molecule has 0 fully saturated rings. The topological polar surface area (TPSA) is 60.4 Å². The van der Waals surface area contributed by atoms with E-state index >= 15 is 0 Å². The van der Waals surface area contributed by atoms with Crippen LogP contribution in [0.5, 0.6) is 0 Å². The van der Waals surface area contributed by atoms with E-state index in [1.165, 1.54) is 11.1 Å². The van der Waals surface area contributed by atoms with Gasteiger partial charge in [0.05, 0.1) is 11.1 Å². The standard InChI is InChI=1S/C48H38O4/c1-47(2,3)29-17-19-31-27(23-29)15-21-41-37(31)25-39(45(49)51-41)43-33-11-7-9-13-35(33)44(36-14-10-8-12-34(36)43)40-26-38-32-20-18-30(48(4,5)6)24-28(32)16-22-42(38)52-46(40)50/h7-26H,1-6H3. The molecular formula is C48H38O4. The van der Waals surface area contributed by atoms with Gasteiger partial charge < -0.3 is 8.83 Å². The van der Waals surface area contributed by atoms with Crippen LogP contribution in [-0.2, 0) is 10.8 Å². The van der Waals surface area contributed by atoms with Crippen LogP contribution in [0.4, 0.5) is 0 Å². The van der Waals surface area contributed by atoms with Crippen molar-refractivity contribution in [2.45, 2.75) is 52.4 Å². The van der Waals surface area contributed by atoms with Crippen molar-refractivity contribution in [1.29, 1.82) is 0 Å². The van der Waals surface area contributed by atoms with Gasteiger partial charge in [-0.15, -0.1) is 0 Å². The normalized spacial score (nSPS) is 12.6. The summed E-state index contributed by atoms with van der Waals surface area (Å²) in [6.07, 6.45) is 0. The van der Waals surface area contributed by atoms with Gasteiger partial charge in [0, 0.05) is 21.9 Å². The summed E-state index contributed by atoms with van der Waals surface area (Å²) in [6, 6.07) is 40.8. The highest BCUT2D eigenvalue weighted by atomic mass is 16.4. The molecule has 254 valence electrons. The van der Waals surface area contributed by atoms with Gasteiger partial charge in [0.1, 0.15) is 11.2 Å². The van der Waals surface area contributed by atoms with E-state index in [0.717, 1.165) is 65.0 Å². The fraction of sp³-hybridized carbons (Fsp3) is 0.167. The first-order chi connectivity index (χ1) is 24.9. The van der Waals surface area contributed by atoms with Crippen LogP contribution in [0.2, 0.25) is 0 Å². The van der Waals surface area contributed by atoms with E-state index in [9.17, 15) is 9.59 Å². The maximum absolute atomic E-state index is 14.0. The second kappa shape index (κ2) is 11.2. The number of fused-ring (bicyclic) bond motifs is 8. The summed E-state index contributed by atoms with van der Waals surface area (Å²) >= 11 is 0. The van der Waals surface area contributed by atoms with E-state index in [1.807, 2.05) is 84.9 Å². The smallest absolute Gasteiger partial charge is 0.344 e. The minimum atomic E-state index is -0.410. The predicted molar refractivity (Wildman–Crippen MR) is 217 cm³/mol. The van der Waals surface area contributed by atoms with Crippen LogP contribution in [-0.4, -0.2) is 0 Å². The van der Waals surface area contributed by atoms with Gasteiger partial charge in [-0.1, -0.05) is 139 Å². The summed E-state index contributed by atoms with van der Waals surface area (Å²) < 4.78 is 12.2. The van der Waals surface area contributed by atoms with Crippen molar-refractivity contribution in [3.8, 4) is 22.3 Å². The van der Waals surface area contributed by atoms with Crippen molar-refractivity contribution >= 4 is 65.0 Å². The van der Waals surface area contributed by atoms with Crippen molar-refractivity contribution in [3.05, 3.63) is 153 Å². The average molecular weight is 679 g/mol. The molecule has 9 aromatic rings. The van der Waals surface area contributed by atoms with Gasteiger partial charge in [-0.05, 0) is 89.3 Å². The molecule has 4 heteroatoms. The number of rotatable bonds is 2. The Morgan fingerprint density at radius 2 is 0.750 bits per heavy atom. The second-order valence-electron chi connectivity index (χ2n) is 16.1. The van der Waals surface area contributed by atoms with Gasteiger partial charge in [-0.3, -0.25) is 0 Å². The Kier molecular flexibility index (Phi) is 6.91. The molecule has 0 radical (unpaired) electrons. The first kappa shape index (κ1) is 31.9. The molecule has 2 heterocycles. The minimum absolute atomic E-state index is 0.00228. The zero-order valence-electron chi connectivity index (χ0n) is 30.2. The van der Waals surface area contributed by atoms with E-state index in [-0.39, 0.29) is 10.8 Å². The van der Waals surface area contributed by atoms with Crippen molar-refractivity contribution in [3.63, 3.8) is 0 Å². The molecule has 4 nitrogen and oxygen atoms in total. The van der Waals surface area contributed by atoms with Gasteiger partial charge in [0.15, 0.2) is 0 Å². The molecule has 0 N–H and O–H groups in total. The van der Waals surface area contributed by atoms with Crippen LogP contribution >= 0.6 is 0 Å². The summed E-state index contributed by atoms with van der Waals surface area (Å²) in [4.78, 5) is 28.0.